The molecule has 0 saturated heterocycles. The van der Waals surface area contributed by atoms with Gasteiger partial charge in [0, 0.05) is 0 Å². The lowest BCUT2D eigenvalue weighted by molar-refractivity contribution is 0.0926. The maximum absolute atomic E-state index is 12.6. The molecule has 2 aromatic carbocycles. The fraction of sp³-hybridized carbons (Fsp3) is 0. The van der Waals surface area contributed by atoms with Crippen LogP contribution in [0.3, 0.4) is 0 Å². The Bertz CT molecular complexity index is 1110. The molecule has 6 heteroatoms. The van der Waals surface area contributed by atoms with Gasteiger partial charge >= 0.3 is 0 Å². The van der Waals surface area contributed by atoms with Crippen LogP contribution >= 0.6 is 11.3 Å². The summed E-state index contributed by atoms with van der Waals surface area (Å²) < 4.78 is 5.76. The van der Waals surface area contributed by atoms with Gasteiger partial charge in [-0.25, -0.2) is 9.88 Å². The second-order valence-electron chi connectivity index (χ2n) is 5.64. The Morgan fingerprint density at radius 3 is 2.36 bits per heavy atom. The highest BCUT2D eigenvalue weighted by atomic mass is 32.1. The first-order valence-electron chi connectivity index (χ1n) is 7.65. The third kappa shape index (κ3) is 2.04. The predicted octanol–water partition coefficient (Wildman–Crippen LogP) is 4.36. The largest absolute Gasteiger partial charge is 0.435 e. The van der Waals surface area contributed by atoms with E-state index in [0.717, 1.165) is 4.88 Å². The molecule has 0 fully saturated rings. The van der Waals surface area contributed by atoms with E-state index in [4.69, 9.17) is 4.42 Å². The summed E-state index contributed by atoms with van der Waals surface area (Å²) in [5, 5.41) is 1.95. The minimum absolute atomic E-state index is 0.318. The highest BCUT2D eigenvalue weighted by Gasteiger charge is 2.36. The van der Waals surface area contributed by atoms with Crippen molar-refractivity contribution in [1.29, 1.82) is 0 Å². The summed E-state index contributed by atoms with van der Waals surface area (Å²) >= 11 is 1.54. The van der Waals surface area contributed by atoms with Crippen molar-refractivity contribution in [2.75, 3.05) is 4.90 Å². The van der Waals surface area contributed by atoms with Crippen LogP contribution in [0.25, 0.3) is 21.9 Å². The Morgan fingerprint density at radius 1 is 0.920 bits per heavy atom. The molecule has 0 atom stereocenters. The molecule has 0 saturated carbocycles. The Hall–Kier alpha value is -3.25. The predicted molar refractivity (Wildman–Crippen MR) is 94.9 cm³/mol. The topological polar surface area (TPSA) is 63.4 Å². The molecule has 3 heterocycles. The highest BCUT2D eigenvalue weighted by Crippen LogP contribution is 2.32. The number of oxazole rings is 1. The number of imide groups is 1. The Balaban J connectivity index is 1.60. The summed E-state index contributed by atoms with van der Waals surface area (Å²) in [7, 11) is 0. The summed E-state index contributed by atoms with van der Waals surface area (Å²) in [6.45, 7) is 0. The first-order valence-corrected chi connectivity index (χ1v) is 8.52. The van der Waals surface area contributed by atoms with E-state index in [0.29, 0.717) is 33.8 Å². The number of carbonyl (C=O) groups excluding carboxylic acids is 2. The highest BCUT2D eigenvalue weighted by molar-refractivity contribution is 7.13. The van der Waals surface area contributed by atoms with Crippen molar-refractivity contribution in [3.8, 4) is 10.8 Å². The minimum atomic E-state index is -0.318. The molecular formula is C19H10N2O3S. The number of benzene rings is 2. The Morgan fingerprint density at radius 2 is 1.68 bits per heavy atom. The second kappa shape index (κ2) is 5.12. The minimum Gasteiger partial charge on any atom is -0.435 e. The second-order valence-corrected chi connectivity index (χ2v) is 6.59. The van der Waals surface area contributed by atoms with E-state index in [1.54, 1.807) is 42.5 Å². The molecule has 0 unspecified atom stereocenters. The van der Waals surface area contributed by atoms with Gasteiger partial charge in [0.15, 0.2) is 5.58 Å². The number of hydrogen-bond acceptors (Lipinski definition) is 5. The van der Waals surface area contributed by atoms with Gasteiger partial charge in [0.25, 0.3) is 11.8 Å². The Labute approximate surface area is 146 Å². The number of anilines is 1. The van der Waals surface area contributed by atoms with Gasteiger partial charge in [0.2, 0.25) is 5.89 Å². The van der Waals surface area contributed by atoms with E-state index in [2.05, 4.69) is 4.98 Å². The van der Waals surface area contributed by atoms with Crippen LogP contribution in [0, 0.1) is 0 Å². The summed E-state index contributed by atoms with van der Waals surface area (Å²) in [5.74, 6) is -0.103. The van der Waals surface area contributed by atoms with Gasteiger partial charge in [-0.15, -0.1) is 11.3 Å². The van der Waals surface area contributed by atoms with Crippen molar-refractivity contribution in [1.82, 2.24) is 4.98 Å². The van der Waals surface area contributed by atoms with Crippen molar-refractivity contribution in [2.45, 2.75) is 0 Å². The number of hydrogen-bond donors (Lipinski definition) is 0. The zero-order valence-corrected chi connectivity index (χ0v) is 13.6. The lowest BCUT2D eigenvalue weighted by atomic mass is 10.1. The maximum atomic E-state index is 12.6. The summed E-state index contributed by atoms with van der Waals surface area (Å²) in [4.78, 5) is 31.8. The first-order chi connectivity index (χ1) is 12.2. The average Bonchev–Trinajstić information content (AvgIpc) is 3.34. The summed E-state index contributed by atoms with van der Waals surface area (Å²) in [6, 6.07) is 15.8. The molecule has 1 aliphatic heterocycles. The van der Waals surface area contributed by atoms with Gasteiger partial charge < -0.3 is 4.42 Å². The van der Waals surface area contributed by atoms with Crippen LogP contribution in [0.2, 0.25) is 0 Å². The maximum Gasteiger partial charge on any atom is 0.266 e. The van der Waals surface area contributed by atoms with E-state index < -0.39 is 0 Å². The fourth-order valence-corrected chi connectivity index (χ4v) is 3.63. The molecule has 1 aliphatic rings. The number of amides is 2. The molecule has 120 valence electrons. The molecule has 2 amide bonds. The lowest BCUT2D eigenvalue weighted by Gasteiger charge is -2.13. The number of rotatable bonds is 2. The van der Waals surface area contributed by atoms with Gasteiger partial charge in [-0.1, -0.05) is 18.2 Å². The van der Waals surface area contributed by atoms with E-state index in [9.17, 15) is 9.59 Å². The lowest BCUT2D eigenvalue weighted by Crippen LogP contribution is -2.29. The zero-order chi connectivity index (χ0) is 17.0. The number of thiophene rings is 1. The molecule has 5 rings (SSSR count). The van der Waals surface area contributed by atoms with Crippen LogP contribution in [-0.2, 0) is 0 Å². The number of nitrogens with zero attached hydrogens (tertiary/aromatic N) is 2. The van der Waals surface area contributed by atoms with Crippen molar-refractivity contribution in [3.63, 3.8) is 0 Å². The molecule has 0 spiro atoms. The van der Waals surface area contributed by atoms with Crippen LogP contribution < -0.4 is 4.90 Å². The van der Waals surface area contributed by atoms with Gasteiger partial charge in [0.1, 0.15) is 5.52 Å². The summed E-state index contributed by atoms with van der Waals surface area (Å²) in [5.41, 5.74) is 2.56. The normalized spacial score (nSPS) is 13.7. The monoisotopic (exact) mass is 346 g/mol. The van der Waals surface area contributed by atoms with E-state index in [1.165, 1.54) is 16.2 Å². The van der Waals surface area contributed by atoms with Gasteiger partial charge in [0.05, 0.1) is 21.7 Å². The average molecular weight is 346 g/mol. The summed E-state index contributed by atoms with van der Waals surface area (Å²) in [6.07, 6.45) is 0. The van der Waals surface area contributed by atoms with Crippen LogP contribution in [0.5, 0.6) is 0 Å². The van der Waals surface area contributed by atoms with Gasteiger partial charge in [-0.3, -0.25) is 9.59 Å². The number of carbonyl (C=O) groups is 2. The molecule has 2 aromatic heterocycles. The van der Waals surface area contributed by atoms with Gasteiger partial charge in [-0.05, 0) is 41.8 Å². The third-order valence-electron chi connectivity index (χ3n) is 4.16. The molecule has 0 N–H and O–H groups in total. The third-order valence-corrected chi connectivity index (χ3v) is 5.01. The van der Waals surface area contributed by atoms with Crippen molar-refractivity contribution >= 4 is 39.9 Å². The van der Waals surface area contributed by atoms with Crippen molar-refractivity contribution < 1.29 is 14.0 Å². The smallest absolute Gasteiger partial charge is 0.266 e. The van der Waals surface area contributed by atoms with Crippen LogP contribution in [-0.4, -0.2) is 16.8 Å². The fourth-order valence-electron chi connectivity index (χ4n) is 2.98. The molecule has 0 radical (unpaired) electrons. The molecule has 0 aliphatic carbocycles. The van der Waals surface area contributed by atoms with Crippen LogP contribution in [0.1, 0.15) is 20.7 Å². The van der Waals surface area contributed by atoms with E-state index >= 15 is 0 Å². The Kier molecular flexibility index (Phi) is 2.89. The number of aromatic nitrogens is 1. The van der Waals surface area contributed by atoms with E-state index in [-0.39, 0.29) is 11.8 Å². The standard InChI is InChI=1S/C19H10N2O3S/c22-18-12-4-1-2-5-13(12)19(23)21(18)11-7-8-15-14(10-11)20-17(24-15)16-6-3-9-25-16/h1-10H. The molecular weight excluding hydrogens is 336 g/mol. The van der Waals surface area contributed by atoms with E-state index in [1.807, 2.05) is 17.5 Å². The molecule has 25 heavy (non-hydrogen) atoms. The SMILES string of the molecule is O=C1c2ccccc2C(=O)N1c1ccc2oc(-c3cccs3)nc2c1. The van der Waals surface area contributed by atoms with Crippen molar-refractivity contribution in [3.05, 3.63) is 71.1 Å². The van der Waals surface area contributed by atoms with Crippen LogP contribution in [0.4, 0.5) is 5.69 Å². The molecule has 5 nitrogen and oxygen atoms in total. The first kappa shape index (κ1) is 14.1. The molecule has 4 aromatic rings. The quantitative estimate of drug-likeness (QED) is 0.506. The zero-order valence-electron chi connectivity index (χ0n) is 12.8. The van der Waals surface area contributed by atoms with Gasteiger partial charge in [-0.2, -0.15) is 0 Å². The molecule has 0 bridgehead atoms. The van der Waals surface area contributed by atoms with Crippen molar-refractivity contribution in [2.24, 2.45) is 0 Å². The van der Waals surface area contributed by atoms with Crippen LogP contribution in [0.15, 0.2) is 64.4 Å². The number of fused-ring (bicyclic) bond motifs is 2.